The first-order chi connectivity index (χ1) is 8.59. The minimum Gasteiger partial charge on any atom is -0.396 e. The predicted molar refractivity (Wildman–Crippen MR) is 68.1 cm³/mol. The molecule has 0 atom stereocenters. The summed E-state index contributed by atoms with van der Waals surface area (Å²) in [5.74, 6) is -0.199. The molecule has 0 spiro atoms. The Morgan fingerprint density at radius 2 is 2.00 bits per heavy atom. The van der Waals surface area contributed by atoms with Gasteiger partial charge in [0.15, 0.2) is 0 Å². The molecule has 6 heteroatoms. The van der Waals surface area contributed by atoms with E-state index in [2.05, 4.69) is 4.72 Å². The van der Waals surface area contributed by atoms with Gasteiger partial charge < -0.3 is 5.11 Å². The van der Waals surface area contributed by atoms with E-state index in [-0.39, 0.29) is 12.4 Å². The summed E-state index contributed by atoms with van der Waals surface area (Å²) >= 11 is 0. The smallest absolute Gasteiger partial charge is 0.215 e. The molecule has 0 saturated heterocycles. The van der Waals surface area contributed by atoms with Crippen molar-refractivity contribution in [3.05, 3.63) is 35.4 Å². The molecule has 0 fully saturated rings. The van der Waals surface area contributed by atoms with E-state index in [0.29, 0.717) is 30.5 Å². The van der Waals surface area contributed by atoms with Crippen molar-refractivity contribution in [2.24, 2.45) is 0 Å². The third-order valence-corrected chi connectivity index (χ3v) is 3.73. The number of rotatable bonds is 7. The first-order valence-electron chi connectivity index (χ1n) is 5.65. The number of aliphatic hydroxyl groups excluding tert-OH is 1. The van der Waals surface area contributed by atoms with E-state index in [1.54, 1.807) is 24.3 Å². The van der Waals surface area contributed by atoms with Crippen LogP contribution in [0.15, 0.2) is 24.3 Å². The molecule has 0 aromatic heterocycles. The largest absolute Gasteiger partial charge is 0.396 e. The zero-order valence-electron chi connectivity index (χ0n) is 9.96. The molecule has 98 valence electrons. The van der Waals surface area contributed by atoms with Gasteiger partial charge in [0.05, 0.1) is 17.4 Å². The van der Waals surface area contributed by atoms with Crippen molar-refractivity contribution < 1.29 is 13.5 Å². The molecular weight excluding hydrogens is 252 g/mol. The van der Waals surface area contributed by atoms with Gasteiger partial charge in [0.2, 0.25) is 10.0 Å². The Morgan fingerprint density at radius 3 is 2.67 bits per heavy atom. The van der Waals surface area contributed by atoms with Crippen LogP contribution in [0.2, 0.25) is 0 Å². The number of unbranched alkanes of at least 4 members (excludes halogenated alkanes) is 1. The standard InChI is InChI=1S/C12H16N2O3S/c13-9-11-5-1-2-6-12(11)10-18(16,17)14-7-3-4-8-15/h1-2,5-6,14-15H,3-4,7-8,10H2. The fraction of sp³-hybridized carbons (Fsp3) is 0.417. The number of nitrogens with one attached hydrogen (secondary N) is 1. The van der Waals surface area contributed by atoms with Gasteiger partial charge in [0, 0.05) is 13.2 Å². The minimum absolute atomic E-state index is 0.0546. The molecule has 18 heavy (non-hydrogen) atoms. The maximum Gasteiger partial charge on any atom is 0.215 e. The minimum atomic E-state index is -3.43. The summed E-state index contributed by atoms with van der Waals surface area (Å²) in [5, 5.41) is 17.5. The van der Waals surface area contributed by atoms with E-state index in [9.17, 15) is 8.42 Å². The lowest BCUT2D eigenvalue weighted by atomic mass is 10.1. The van der Waals surface area contributed by atoms with Gasteiger partial charge in [-0.15, -0.1) is 0 Å². The molecule has 1 aromatic rings. The van der Waals surface area contributed by atoms with Crippen LogP contribution >= 0.6 is 0 Å². The fourth-order valence-corrected chi connectivity index (χ4v) is 2.69. The lowest BCUT2D eigenvalue weighted by Gasteiger charge is -2.07. The number of hydrogen-bond donors (Lipinski definition) is 2. The van der Waals surface area contributed by atoms with Gasteiger partial charge in [-0.05, 0) is 24.5 Å². The van der Waals surface area contributed by atoms with Crippen molar-refractivity contribution in [1.29, 1.82) is 5.26 Å². The Balaban J connectivity index is 2.63. The third-order valence-electron chi connectivity index (χ3n) is 2.39. The lowest BCUT2D eigenvalue weighted by Crippen LogP contribution is -2.26. The second-order valence-corrected chi connectivity index (χ2v) is 5.66. The Labute approximate surface area is 107 Å². The van der Waals surface area contributed by atoms with Crippen molar-refractivity contribution in [3.8, 4) is 6.07 Å². The molecule has 0 saturated carbocycles. The molecule has 0 aliphatic carbocycles. The first-order valence-corrected chi connectivity index (χ1v) is 7.30. The van der Waals surface area contributed by atoms with Crippen LogP contribution < -0.4 is 4.72 Å². The maximum atomic E-state index is 11.7. The number of aliphatic hydroxyl groups is 1. The Morgan fingerprint density at radius 1 is 1.28 bits per heavy atom. The highest BCUT2D eigenvalue weighted by atomic mass is 32.2. The third kappa shape index (κ3) is 4.84. The van der Waals surface area contributed by atoms with Crippen LogP contribution in [0.5, 0.6) is 0 Å². The quantitative estimate of drug-likeness (QED) is 0.714. The zero-order valence-corrected chi connectivity index (χ0v) is 10.8. The molecule has 0 unspecified atom stereocenters. The van der Waals surface area contributed by atoms with Crippen molar-refractivity contribution in [2.75, 3.05) is 13.2 Å². The summed E-state index contributed by atoms with van der Waals surface area (Å²) in [4.78, 5) is 0. The highest BCUT2D eigenvalue weighted by Gasteiger charge is 2.13. The molecule has 0 aliphatic heterocycles. The van der Waals surface area contributed by atoms with E-state index in [1.807, 2.05) is 6.07 Å². The van der Waals surface area contributed by atoms with E-state index >= 15 is 0 Å². The number of nitrogens with zero attached hydrogens (tertiary/aromatic N) is 1. The van der Waals surface area contributed by atoms with Gasteiger partial charge in [-0.25, -0.2) is 13.1 Å². The van der Waals surface area contributed by atoms with Crippen LogP contribution in [-0.4, -0.2) is 26.7 Å². The van der Waals surface area contributed by atoms with Crippen molar-refractivity contribution in [2.45, 2.75) is 18.6 Å². The Bertz CT molecular complexity index is 520. The average molecular weight is 268 g/mol. The summed E-state index contributed by atoms with van der Waals surface area (Å²) < 4.78 is 25.9. The first kappa shape index (κ1) is 14.6. The predicted octanol–water partition coefficient (Wildman–Crippen LogP) is 0.750. The fourth-order valence-electron chi connectivity index (χ4n) is 1.48. The Kier molecular flexibility index (Phi) is 5.78. The van der Waals surface area contributed by atoms with Gasteiger partial charge in [-0.1, -0.05) is 18.2 Å². The van der Waals surface area contributed by atoms with Gasteiger partial charge >= 0.3 is 0 Å². The van der Waals surface area contributed by atoms with Crippen molar-refractivity contribution in [1.82, 2.24) is 4.72 Å². The van der Waals surface area contributed by atoms with Gasteiger partial charge in [0.1, 0.15) is 0 Å². The van der Waals surface area contributed by atoms with E-state index in [1.165, 1.54) is 0 Å². The van der Waals surface area contributed by atoms with Gasteiger partial charge in [0.25, 0.3) is 0 Å². The normalized spacial score (nSPS) is 11.1. The number of hydrogen-bond acceptors (Lipinski definition) is 4. The van der Waals surface area contributed by atoms with Gasteiger partial charge in [-0.2, -0.15) is 5.26 Å². The molecule has 5 nitrogen and oxygen atoms in total. The maximum absolute atomic E-state index is 11.7. The molecule has 0 heterocycles. The van der Waals surface area contributed by atoms with Crippen LogP contribution in [0.25, 0.3) is 0 Å². The Hall–Kier alpha value is -1.42. The average Bonchev–Trinajstić information content (AvgIpc) is 2.35. The zero-order chi connectivity index (χ0) is 13.4. The van der Waals surface area contributed by atoms with E-state index < -0.39 is 10.0 Å². The van der Waals surface area contributed by atoms with Gasteiger partial charge in [-0.3, -0.25) is 0 Å². The van der Waals surface area contributed by atoms with E-state index in [0.717, 1.165) is 0 Å². The van der Waals surface area contributed by atoms with Crippen LogP contribution in [0.3, 0.4) is 0 Å². The second-order valence-electron chi connectivity index (χ2n) is 3.85. The molecule has 0 aliphatic rings. The molecule has 0 radical (unpaired) electrons. The summed E-state index contributed by atoms with van der Waals surface area (Å²) in [7, 11) is -3.43. The molecule has 0 bridgehead atoms. The molecule has 1 rings (SSSR count). The summed E-state index contributed by atoms with van der Waals surface area (Å²) in [5.41, 5.74) is 0.868. The van der Waals surface area contributed by atoms with Crippen molar-refractivity contribution in [3.63, 3.8) is 0 Å². The highest BCUT2D eigenvalue weighted by molar-refractivity contribution is 7.88. The lowest BCUT2D eigenvalue weighted by molar-refractivity contribution is 0.285. The summed E-state index contributed by atoms with van der Waals surface area (Å²) in [6.07, 6.45) is 1.16. The van der Waals surface area contributed by atoms with Crippen LogP contribution in [-0.2, 0) is 15.8 Å². The topological polar surface area (TPSA) is 90.2 Å². The number of nitriles is 1. The summed E-state index contributed by atoms with van der Waals surface area (Å²) in [6, 6.07) is 8.60. The molecule has 2 N–H and O–H groups in total. The monoisotopic (exact) mass is 268 g/mol. The SMILES string of the molecule is N#Cc1ccccc1CS(=O)(=O)NCCCCO. The van der Waals surface area contributed by atoms with E-state index in [4.69, 9.17) is 10.4 Å². The van der Waals surface area contributed by atoms with Crippen LogP contribution in [0.4, 0.5) is 0 Å². The summed E-state index contributed by atoms with van der Waals surface area (Å²) in [6.45, 7) is 0.358. The molecular formula is C12H16N2O3S. The molecule has 0 amide bonds. The molecule has 1 aromatic carbocycles. The second kappa shape index (κ2) is 7.11. The highest BCUT2D eigenvalue weighted by Crippen LogP contribution is 2.10. The number of benzene rings is 1. The van der Waals surface area contributed by atoms with Crippen LogP contribution in [0.1, 0.15) is 24.0 Å². The number of sulfonamides is 1. The van der Waals surface area contributed by atoms with Crippen LogP contribution in [0, 0.1) is 11.3 Å². The van der Waals surface area contributed by atoms with Crippen molar-refractivity contribution >= 4 is 10.0 Å².